The van der Waals surface area contributed by atoms with E-state index in [4.69, 9.17) is 10.5 Å². The highest BCUT2D eigenvalue weighted by molar-refractivity contribution is 5.91. The number of rotatable bonds is 4. The lowest BCUT2D eigenvalue weighted by atomic mass is 9.96. The average molecular weight is 313 g/mol. The van der Waals surface area contributed by atoms with Crippen molar-refractivity contribution in [2.45, 2.75) is 44.9 Å². The van der Waals surface area contributed by atoms with Crippen LogP contribution in [0.1, 0.15) is 44.9 Å². The highest BCUT2D eigenvalue weighted by Gasteiger charge is 2.16. The summed E-state index contributed by atoms with van der Waals surface area (Å²) < 4.78 is 5.10. The monoisotopic (exact) mass is 312 g/mol. The van der Waals surface area contributed by atoms with E-state index in [2.05, 4.69) is 5.32 Å². The number of methoxy groups -OCH3 is 1. The van der Waals surface area contributed by atoms with Crippen molar-refractivity contribution in [3.8, 4) is 5.75 Å². The number of nitrogens with one attached hydrogen (secondary N) is 1. The fourth-order valence-electron chi connectivity index (χ4n) is 2.85. The number of amides is 1. The molecule has 1 amide bonds. The summed E-state index contributed by atoms with van der Waals surface area (Å²) in [5, 5.41) is 2.93. The van der Waals surface area contributed by atoms with Crippen molar-refractivity contribution in [2.75, 3.05) is 18.2 Å². The van der Waals surface area contributed by atoms with E-state index in [0.29, 0.717) is 23.8 Å². The minimum absolute atomic E-state index is 0. The van der Waals surface area contributed by atoms with Gasteiger partial charge in [0.2, 0.25) is 5.91 Å². The lowest BCUT2D eigenvalue weighted by molar-refractivity contribution is -0.117. The van der Waals surface area contributed by atoms with Crippen LogP contribution in [0.2, 0.25) is 0 Å². The number of benzene rings is 1. The molecule has 1 aromatic rings. The molecular formula is C16H25ClN2O2. The normalized spacial score (nSPS) is 15.7. The highest BCUT2D eigenvalue weighted by atomic mass is 35.5. The zero-order chi connectivity index (χ0) is 14.4. The Balaban J connectivity index is 0.00000220. The van der Waals surface area contributed by atoms with Crippen LogP contribution in [0, 0.1) is 5.92 Å². The van der Waals surface area contributed by atoms with Crippen molar-refractivity contribution in [3.05, 3.63) is 18.2 Å². The summed E-state index contributed by atoms with van der Waals surface area (Å²) in [6, 6.07) is 5.33. The Hall–Kier alpha value is -1.42. The lowest BCUT2D eigenvalue weighted by Gasteiger charge is -2.14. The molecule has 3 N–H and O–H groups in total. The molecular weight excluding hydrogens is 288 g/mol. The van der Waals surface area contributed by atoms with E-state index in [9.17, 15) is 4.79 Å². The van der Waals surface area contributed by atoms with E-state index < -0.39 is 0 Å². The summed E-state index contributed by atoms with van der Waals surface area (Å²) in [6.07, 6.45) is 8.11. The van der Waals surface area contributed by atoms with Crippen molar-refractivity contribution in [1.29, 1.82) is 0 Å². The predicted octanol–water partition coefficient (Wildman–Crippen LogP) is 4.00. The molecule has 0 bridgehead atoms. The molecule has 21 heavy (non-hydrogen) atoms. The lowest BCUT2D eigenvalue weighted by Crippen LogP contribution is -2.16. The molecule has 118 valence electrons. The second-order valence-electron chi connectivity index (χ2n) is 5.57. The maximum Gasteiger partial charge on any atom is 0.224 e. The van der Waals surface area contributed by atoms with Gasteiger partial charge in [-0.05, 0) is 37.0 Å². The summed E-state index contributed by atoms with van der Waals surface area (Å²) >= 11 is 0. The van der Waals surface area contributed by atoms with E-state index in [1.165, 1.54) is 38.5 Å². The van der Waals surface area contributed by atoms with Gasteiger partial charge >= 0.3 is 0 Å². The van der Waals surface area contributed by atoms with Crippen molar-refractivity contribution in [2.24, 2.45) is 5.92 Å². The van der Waals surface area contributed by atoms with Crippen LogP contribution in [0.5, 0.6) is 5.75 Å². The van der Waals surface area contributed by atoms with Gasteiger partial charge in [0, 0.05) is 12.1 Å². The third-order valence-corrected chi connectivity index (χ3v) is 3.96. The molecule has 1 aliphatic carbocycles. The SMILES string of the molecule is COc1ccc(NC(=O)CC2CCCCCC2)cc1N.Cl. The number of halogens is 1. The van der Waals surface area contributed by atoms with Crippen molar-refractivity contribution in [1.82, 2.24) is 0 Å². The minimum atomic E-state index is 0. The van der Waals surface area contributed by atoms with Gasteiger partial charge in [-0.2, -0.15) is 0 Å². The summed E-state index contributed by atoms with van der Waals surface area (Å²) in [6.45, 7) is 0. The molecule has 0 heterocycles. The van der Waals surface area contributed by atoms with Crippen LogP contribution < -0.4 is 15.8 Å². The van der Waals surface area contributed by atoms with Gasteiger partial charge in [-0.25, -0.2) is 0 Å². The Morgan fingerprint density at radius 2 is 1.95 bits per heavy atom. The van der Waals surface area contributed by atoms with Crippen LogP contribution in [0.15, 0.2) is 18.2 Å². The Labute approximate surface area is 132 Å². The molecule has 1 aromatic carbocycles. The second-order valence-corrected chi connectivity index (χ2v) is 5.57. The smallest absolute Gasteiger partial charge is 0.224 e. The van der Waals surface area contributed by atoms with Crippen molar-refractivity contribution in [3.63, 3.8) is 0 Å². The molecule has 1 saturated carbocycles. The summed E-state index contributed by atoms with van der Waals surface area (Å²) in [5.74, 6) is 1.25. The summed E-state index contributed by atoms with van der Waals surface area (Å²) in [4.78, 5) is 12.1. The van der Waals surface area contributed by atoms with Crippen LogP contribution in [0.4, 0.5) is 11.4 Å². The Morgan fingerprint density at radius 1 is 1.29 bits per heavy atom. The summed E-state index contributed by atoms with van der Waals surface area (Å²) in [7, 11) is 1.58. The maximum absolute atomic E-state index is 12.1. The molecule has 2 rings (SSSR count). The molecule has 0 saturated heterocycles. The number of carbonyl (C=O) groups is 1. The van der Waals surface area contributed by atoms with Gasteiger partial charge < -0.3 is 15.8 Å². The van der Waals surface area contributed by atoms with Crippen LogP contribution in [-0.4, -0.2) is 13.0 Å². The number of ether oxygens (including phenoxy) is 1. The molecule has 0 aromatic heterocycles. The molecule has 0 spiro atoms. The van der Waals surface area contributed by atoms with Crippen LogP contribution >= 0.6 is 12.4 Å². The molecule has 4 nitrogen and oxygen atoms in total. The van der Waals surface area contributed by atoms with E-state index in [-0.39, 0.29) is 18.3 Å². The van der Waals surface area contributed by atoms with E-state index in [0.717, 1.165) is 5.69 Å². The first-order valence-electron chi connectivity index (χ1n) is 7.42. The highest BCUT2D eigenvalue weighted by Crippen LogP contribution is 2.27. The number of carbonyl (C=O) groups excluding carboxylic acids is 1. The second kappa shape index (κ2) is 8.78. The van der Waals surface area contributed by atoms with E-state index in [1.807, 2.05) is 6.07 Å². The quantitative estimate of drug-likeness (QED) is 0.652. The average Bonchev–Trinajstić information content (AvgIpc) is 2.67. The minimum Gasteiger partial charge on any atom is -0.495 e. The zero-order valence-corrected chi connectivity index (χ0v) is 13.4. The van der Waals surface area contributed by atoms with Gasteiger partial charge in [-0.1, -0.05) is 25.7 Å². The topological polar surface area (TPSA) is 64.3 Å². The van der Waals surface area contributed by atoms with Gasteiger partial charge in [0.25, 0.3) is 0 Å². The first-order chi connectivity index (χ1) is 9.69. The van der Waals surface area contributed by atoms with Crippen LogP contribution in [0.25, 0.3) is 0 Å². The number of nitrogen functional groups attached to an aromatic ring is 1. The van der Waals surface area contributed by atoms with Gasteiger partial charge in [0.15, 0.2) is 0 Å². The number of hydrogen-bond donors (Lipinski definition) is 2. The van der Waals surface area contributed by atoms with E-state index in [1.54, 1.807) is 19.2 Å². The molecule has 5 heteroatoms. The Kier molecular flexibility index (Phi) is 7.37. The summed E-state index contributed by atoms with van der Waals surface area (Å²) in [5.41, 5.74) is 7.12. The fraction of sp³-hybridized carbons (Fsp3) is 0.562. The van der Waals surface area contributed by atoms with Crippen molar-refractivity contribution >= 4 is 29.7 Å². The zero-order valence-electron chi connectivity index (χ0n) is 12.6. The Bertz CT molecular complexity index is 458. The van der Waals surface area contributed by atoms with Gasteiger partial charge in [0.1, 0.15) is 5.75 Å². The van der Waals surface area contributed by atoms with Crippen molar-refractivity contribution < 1.29 is 9.53 Å². The molecule has 0 unspecified atom stereocenters. The fourth-order valence-corrected chi connectivity index (χ4v) is 2.85. The van der Waals surface area contributed by atoms with Gasteiger partial charge in [0.05, 0.1) is 12.8 Å². The number of anilines is 2. The first kappa shape index (κ1) is 17.6. The molecule has 0 radical (unpaired) electrons. The molecule has 1 aliphatic rings. The largest absolute Gasteiger partial charge is 0.495 e. The molecule has 0 atom stereocenters. The molecule has 1 fully saturated rings. The van der Waals surface area contributed by atoms with E-state index >= 15 is 0 Å². The number of nitrogens with two attached hydrogens (primary N) is 1. The number of hydrogen-bond acceptors (Lipinski definition) is 3. The third-order valence-electron chi connectivity index (χ3n) is 3.96. The Morgan fingerprint density at radius 3 is 2.52 bits per heavy atom. The van der Waals surface area contributed by atoms with Crippen LogP contribution in [-0.2, 0) is 4.79 Å². The first-order valence-corrected chi connectivity index (χ1v) is 7.42. The predicted molar refractivity (Wildman–Crippen MR) is 89.1 cm³/mol. The van der Waals surface area contributed by atoms with Gasteiger partial charge in [-0.15, -0.1) is 12.4 Å². The van der Waals surface area contributed by atoms with Crippen LogP contribution in [0.3, 0.4) is 0 Å². The maximum atomic E-state index is 12.1. The standard InChI is InChI=1S/C16H24N2O2.ClH/c1-20-15-9-8-13(11-14(15)17)18-16(19)10-12-6-4-2-3-5-7-12;/h8-9,11-12H,2-7,10,17H2,1H3,(H,18,19);1H. The van der Waals surface area contributed by atoms with Gasteiger partial charge in [-0.3, -0.25) is 4.79 Å². The molecule has 0 aliphatic heterocycles. The third kappa shape index (κ3) is 5.46.